The van der Waals surface area contributed by atoms with Crippen LogP contribution in [-0.2, 0) is 18.8 Å². The maximum absolute atomic E-state index is 13.7. The molecule has 0 aliphatic carbocycles. The molecular formula is C21H24F6N4. The van der Waals surface area contributed by atoms with Crippen molar-refractivity contribution in [3.05, 3.63) is 40.7 Å². The second kappa shape index (κ2) is 8.55. The molecule has 2 heterocycles. The second-order valence-corrected chi connectivity index (χ2v) is 7.46. The summed E-state index contributed by atoms with van der Waals surface area (Å²) in [6.45, 7) is 7.31. The number of alkyl halides is 6. The van der Waals surface area contributed by atoms with Gasteiger partial charge in [-0.05, 0) is 44.9 Å². The molecule has 0 amide bonds. The number of aryl methyl sites for hydroxylation is 1. The summed E-state index contributed by atoms with van der Waals surface area (Å²) in [5, 5.41) is 0. The molecule has 0 atom stereocenters. The van der Waals surface area contributed by atoms with Crippen molar-refractivity contribution in [2.45, 2.75) is 52.4 Å². The van der Waals surface area contributed by atoms with Gasteiger partial charge < -0.3 is 9.80 Å². The van der Waals surface area contributed by atoms with Crippen molar-refractivity contribution in [2.75, 3.05) is 29.4 Å². The first-order valence-corrected chi connectivity index (χ1v) is 10.2. The van der Waals surface area contributed by atoms with Crippen LogP contribution in [0.3, 0.4) is 0 Å². The van der Waals surface area contributed by atoms with Crippen LogP contribution < -0.4 is 9.80 Å². The topological polar surface area (TPSA) is 32.3 Å². The minimum atomic E-state index is -4.94. The minimum absolute atomic E-state index is 0.169. The molecule has 3 rings (SSSR count). The summed E-state index contributed by atoms with van der Waals surface area (Å²) in [6.07, 6.45) is -7.48. The Hall–Kier alpha value is -2.52. The van der Waals surface area contributed by atoms with E-state index in [4.69, 9.17) is 0 Å². The SMILES string of the molecule is CCCCN(CC)c1nc(C)nc2c1CCN2c1ccc(C(F)(F)F)cc1C(F)(F)F. The molecule has 1 aromatic heterocycles. The maximum Gasteiger partial charge on any atom is 0.418 e. The van der Waals surface area contributed by atoms with Crippen molar-refractivity contribution in [2.24, 2.45) is 0 Å². The number of anilines is 3. The molecule has 4 nitrogen and oxygen atoms in total. The van der Waals surface area contributed by atoms with Crippen molar-refractivity contribution in [3.8, 4) is 0 Å². The lowest BCUT2D eigenvalue weighted by atomic mass is 10.1. The van der Waals surface area contributed by atoms with Crippen LogP contribution in [0.15, 0.2) is 18.2 Å². The summed E-state index contributed by atoms with van der Waals surface area (Å²) in [6, 6.07) is 1.73. The van der Waals surface area contributed by atoms with E-state index in [0.29, 0.717) is 36.5 Å². The van der Waals surface area contributed by atoms with Crippen LogP contribution in [0, 0.1) is 6.92 Å². The van der Waals surface area contributed by atoms with Gasteiger partial charge in [-0.3, -0.25) is 0 Å². The van der Waals surface area contributed by atoms with Crippen LogP contribution >= 0.6 is 0 Å². The highest BCUT2D eigenvalue weighted by molar-refractivity contribution is 5.74. The highest BCUT2D eigenvalue weighted by Crippen LogP contribution is 2.45. The van der Waals surface area contributed by atoms with Crippen LogP contribution in [0.5, 0.6) is 0 Å². The fourth-order valence-corrected chi connectivity index (χ4v) is 3.78. The number of nitrogens with zero attached hydrogens (tertiary/aromatic N) is 4. The molecule has 0 saturated carbocycles. The van der Waals surface area contributed by atoms with Gasteiger partial charge in [-0.1, -0.05) is 13.3 Å². The monoisotopic (exact) mass is 446 g/mol. The lowest BCUT2D eigenvalue weighted by molar-refractivity contribution is -0.142. The number of hydrogen-bond acceptors (Lipinski definition) is 4. The molecule has 1 aromatic carbocycles. The molecular weight excluding hydrogens is 422 g/mol. The Kier molecular flexibility index (Phi) is 6.38. The van der Waals surface area contributed by atoms with Gasteiger partial charge in [0.2, 0.25) is 0 Å². The number of hydrogen-bond donors (Lipinski definition) is 0. The van der Waals surface area contributed by atoms with Gasteiger partial charge in [0.25, 0.3) is 0 Å². The van der Waals surface area contributed by atoms with Gasteiger partial charge in [-0.15, -0.1) is 0 Å². The van der Waals surface area contributed by atoms with E-state index in [2.05, 4.69) is 21.8 Å². The van der Waals surface area contributed by atoms with Crippen LogP contribution in [0.4, 0.5) is 43.7 Å². The largest absolute Gasteiger partial charge is 0.418 e. The molecule has 2 aromatic rings. The predicted molar refractivity (Wildman–Crippen MR) is 107 cm³/mol. The number of fused-ring (bicyclic) bond motifs is 1. The quantitative estimate of drug-likeness (QED) is 0.499. The van der Waals surface area contributed by atoms with E-state index < -0.39 is 23.5 Å². The Morgan fingerprint density at radius 2 is 1.74 bits per heavy atom. The average Bonchev–Trinajstić information content (AvgIpc) is 3.10. The van der Waals surface area contributed by atoms with E-state index >= 15 is 0 Å². The smallest absolute Gasteiger partial charge is 0.356 e. The lowest BCUT2D eigenvalue weighted by Crippen LogP contribution is -2.26. The molecule has 31 heavy (non-hydrogen) atoms. The average molecular weight is 446 g/mol. The number of benzene rings is 1. The molecule has 0 saturated heterocycles. The number of rotatable bonds is 6. The minimum Gasteiger partial charge on any atom is -0.356 e. The molecule has 0 bridgehead atoms. The fraction of sp³-hybridized carbons (Fsp3) is 0.524. The van der Waals surface area contributed by atoms with Crippen molar-refractivity contribution in [1.29, 1.82) is 0 Å². The standard InChI is InChI=1S/C21H24F6N4/c1-4-6-10-30(5-2)18-15-9-11-31(19(15)29-13(3)28-18)17-8-7-14(20(22,23)24)12-16(17)21(25,26)27/h7-8,12H,4-6,9-11H2,1-3H3. The zero-order valence-corrected chi connectivity index (χ0v) is 17.5. The molecule has 0 unspecified atom stereocenters. The maximum atomic E-state index is 13.7. The van der Waals surface area contributed by atoms with Crippen molar-refractivity contribution >= 4 is 17.3 Å². The van der Waals surface area contributed by atoms with Gasteiger partial charge in [0, 0.05) is 25.2 Å². The van der Waals surface area contributed by atoms with E-state index in [9.17, 15) is 26.3 Å². The summed E-state index contributed by atoms with van der Waals surface area (Å²) in [5.41, 5.74) is -2.28. The highest BCUT2D eigenvalue weighted by Gasteiger charge is 2.41. The van der Waals surface area contributed by atoms with E-state index in [1.807, 2.05) is 6.92 Å². The van der Waals surface area contributed by atoms with Crippen molar-refractivity contribution in [1.82, 2.24) is 9.97 Å². The lowest BCUT2D eigenvalue weighted by Gasteiger charge is -2.26. The molecule has 1 aliphatic rings. The third-order valence-electron chi connectivity index (χ3n) is 5.30. The fourth-order valence-electron chi connectivity index (χ4n) is 3.78. The van der Waals surface area contributed by atoms with Crippen molar-refractivity contribution in [3.63, 3.8) is 0 Å². The van der Waals surface area contributed by atoms with Gasteiger partial charge in [-0.2, -0.15) is 26.3 Å². The van der Waals surface area contributed by atoms with Crippen LogP contribution in [0.25, 0.3) is 0 Å². The predicted octanol–water partition coefficient (Wildman–Crippen LogP) is 6.14. The molecule has 0 fully saturated rings. The zero-order chi connectivity index (χ0) is 23.0. The summed E-state index contributed by atoms with van der Waals surface area (Å²) in [7, 11) is 0. The van der Waals surface area contributed by atoms with E-state index in [-0.39, 0.29) is 18.3 Å². The van der Waals surface area contributed by atoms with E-state index in [1.165, 1.54) is 4.90 Å². The second-order valence-electron chi connectivity index (χ2n) is 7.46. The third kappa shape index (κ3) is 4.72. The summed E-state index contributed by atoms with van der Waals surface area (Å²) < 4.78 is 80.2. The Morgan fingerprint density at radius 1 is 1.03 bits per heavy atom. The molecule has 170 valence electrons. The Morgan fingerprint density at radius 3 is 2.32 bits per heavy atom. The van der Waals surface area contributed by atoms with E-state index in [1.54, 1.807) is 6.92 Å². The number of aromatic nitrogens is 2. The van der Waals surface area contributed by atoms with Crippen LogP contribution in [-0.4, -0.2) is 29.6 Å². The number of halogens is 6. The summed E-state index contributed by atoms with van der Waals surface area (Å²) >= 11 is 0. The normalized spacial score (nSPS) is 14.2. The number of unbranched alkanes of at least 4 members (excludes halogenated alkanes) is 1. The highest BCUT2D eigenvalue weighted by atomic mass is 19.4. The first-order valence-electron chi connectivity index (χ1n) is 10.2. The molecule has 0 radical (unpaired) electrons. The van der Waals surface area contributed by atoms with Crippen LogP contribution in [0.2, 0.25) is 0 Å². The van der Waals surface area contributed by atoms with Gasteiger partial charge in [-0.25, -0.2) is 9.97 Å². The van der Waals surface area contributed by atoms with Gasteiger partial charge in [0.15, 0.2) is 0 Å². The molecule has 0 spiro atoms. The van der Waals surface area contributed by atoms with Gasteiger partial charge >= 0.3 is 12.4 Å². The molecule has 1 aliphatic heterocycles. The van der Waals surface area contributed by atoms with E-state index in [0.717, 1.165) is 31.0 Å². The van der Waals surface area contributed by atoms with Gasteiger partial charge in [0.05, 0.1) is 16.8 Å². The van der Waals surface area contributed by atoms with Gasteiger partial charge in [0.1, 0.15) is 17.5 Å². The third-order valence-corrected chi connectivity index (χ3v) is 5.30. The Bertz CT molecular complexity index is 939. The molecule has 0 N–H and O–H groups in total. The zero-order valence-electron chi connectivity index (χ0n) is 17.5. The first kappa shape index (κ1) is 23.1. The Labute approximate surface area is 176 Å². The summed E-state index contributed by atoms with van der Waals surface area (Å²) in [5.74, 6) is 1.40. The summed E-state index contributed by atoms with van der Waals surface area (Å²) in [4.78, 5) is 12.3. The Balaban J connectivity index is 2.11. The first-order chi connectivity index (χ1) is 14.5. The van der Waals surface area contributed by atoms with Crippen LogP contribution in [0.1, 0.15) is 49.2 Å². The van der Waals surface area contributed by atoms with Crippen molar-refractivity contribution < 1.29 is 26.3 Å². The molecule has 10 heteroatoms.